The van der Waals surface area contributed by atoms with Crippen LogP contribution in [-0.2, 0) is 16.1 Å². The molecule has 8 nitrogen and oxygen atoms in total. The molecule has 0 radical (unpaired) electrons. The number of ether oxygens (including phenoxy) is 1. The van der Waals surface area contributed by atoms with Crippen molar-refractivity contribution in [2.75, 3.05) is 24.3 Å². The fourth-order valence-electron chi connectivity index (χ4n) is 5.22. The van der Waals surface area contributed by atoms with E-state index in [2.05, 4.69) is 10.3 Å². The van der Waals surface area contributed by atoms with Gasteiger partial charge < -0.3 is 10.1 Å². The molecule has 6 rings (SSSR count). The van der Waals surface area contributed by atoms with Crippen LogP contribution >= 0.6 is 11.8 Å². The van der Waals surface area contributed by atoms with E-state index in [9.17, 15) is 9.59 Å². The molecule has 2 amide bonds. The molecule has 0 saturated heterocycles. The third kappa shape index (κ3) is 5.89. The third-order valence-electron chi connectivity index (χ3n) is 7.38. The maximum absolute atomic E-state index is 13.9. The van der Waals surface area contributed by atoms with Gasteiger partial charge in [-0.15, -0.1) is 11.8 Å². The normalized spacial score (nSPS) is 14.6. The van der Waals surface area contributed by atoms with Crippen molar-refractivity contribution >= 4 is 29.4 Å². The second kappa shape index (κ2) is 12.5. The Balaban J connectivity index is 1.53. The van der Waals surface area contributed by atoms with E-state index >= 15 is 0 Å². The molecule has 9 heteroatoms. The number of benzene rings is 3. The molecule has 1 aliphatic rings. The fraction of sp³-hybridized carbons (Fsp3) is 0.176. The lowest BCUT2D eigenvalue weighted by molar-refractivity contribution is -0.123. The highest BCUT2D eigenvalue weighted by Crippen LogP contribution is 2.50. The SMILES string of the molecule is COc1ccccc1[C@@H]1SCC(=O)N(CC(=O)NCc2ccncc2)c2c1c(-c1ccccc1)nn2-c1ccc(C)cc1. The van der Waals surface area contributed by atoms with Crippen molar-refractivity contribution in [3.05, 3.63) is 126 Å². The Morgan fingerprint density at radius 2 is 1.70 bits per heavy atom. The molecule has 0 bridgehead atoms. The molecule has 1 atom stereocenters. The molecular formula is C34H31N5O3S. The molecule has 1 N–H and O–H groups in total. The number of hydrogen-bond acceptors (Lipinski definition) is 6. The van der Waals surface area contributed by atoms with Crippen LogP contribution in [0.25, 0.3) is 16.9 Å². The number of carbonyl (C=O) groups is 2. The van der Waals surface area contributed by atoms with Gasteiger partial charge in [-0.25, -0.2) is 4.68 Å². The van der Waals surface area contributed by atoms with Crippen LogP contribution in [0.1, 0.15) is 27.5 Å². The van der Waals surface area contributed by atoms with Crippen LogP contribution in [0.3, 0.4) is 0 Å². The second-order valence-electron chi connectivity index (χ2n) is 10.2. The molecule has 3 aromatic carbocycles. The maximum Gasteiger partial charge on any atom is 0.240 e. The first-order chi connectivity index (χ1) is 21.0. The lowest BCUT2D eigenvalue weighted by Crippen LogP contribution is -2.42. The topological polar surface area (TPSA) is 89.3 Å². The second-order valence-corrected chi connectivity index (χ2v) is 11.3. The highest BCUT2D eigenvalue weighted by atomic mass is 32.2. The fourth-order valence-corrected chi connectivity index (χ4v) is 6.45. The lowest BCUT2D eigenvalue weighted by atomic mass is 9.99. The monoisotopic (exact) mass is 589 g/mol. The number of methoxy groups -OCH3 is 1. The van der Waals surface area contributed by atoms with Crippen LogP contribution in [0, 0.1) is 6.92 Å². The van der Waals surface area contributed by atoms with Crippen LogP contribution < -0.4 is 15.0 Å². The van der Waals surface area contributed by atoms with Crippen molar-refractivity contribution in [2.24, 2.45) is 0 Å². The number of nitrogens with zero attached hydrogens (tertiary/aromatic N) is 4. The molecule has 0 fully saturated rings. The summed E-state index contributed by atoms with van der Waals surface area (Å²) in [6.45, 7) is 2.21. The molecule has 0 unspecified atom stereocenters. The highest BCUT2D eigenvalue weighted by molar-refractivity contribution is 8.00. The summed E-state index contributed by atoms with van der Waals surface area (Å²) in [6, 6.07) is 29.5. The molecule has 2 aromatic heterocycles. The number of hydrogen-bond donors (Lipinski definition) is 1. The van der Waals surface area contributed by atoms with Crippen molar-refractivity contribution in [1.29, 1.82) is 0 Å². The number of thioether (sulfide) groups is 1. The molecule has 43 heavy (non-hydrogen) atoms. The average molecular weight is 590 g/mol. The Hall–Kier alpha value is -4.89. The molecular weight excluding hydrogens is 558 g/mol. The van der Waals surface area contributed by atoms with E-state index in [0.29, 0.717) is 12.4 Å². The maximum atomic E-state index is 13.9. The van der Waals surface area contributed by atoms with Gasteiger partial charge in [0.25, 0.3) is 0 Å². The molecule has 3 heterocycles. The number of aromatic nitrogens is 3. The number of amides is 2. The first-order valence-corrected chi connectivity index (χ1v) is 15.0. The summed E-state index contributed by atoms with van der Waals surface area (Å²) >= 11 is 1.52. The van der Waals surface area contributed by atoms with Gasteiger partial charge in [0.2, 0.25) is 11.8 Å². The van der Waals surface area contributed by atoms with Crippen molar-refractivity contribution in [3.63, 3.8) is 0 Å². The van der Waals surface area contributed by atoms with Gasteiger partial charge >= 0.3 is 0 Å². The van der Waals surface area contributed by atoms with E-state index in [0.717, 1.165) is 44.9 Å². The minimum atomic E-state index is -0.283. The van der Waals surface area contributed by atoms with Crippen molar-refractivity contribution < 1.29 is 14.3 Å². The van der Waals surface area contributed by atoms with Crippen LogP contribution in [0.4, 0.5) is 5.82 Å². The Labute approximate surface area is 254 Å². The summed E-state index contributed by atoms with van der Waals surface area (Å²) < 4.78 is 7.59. The number of carbonyl (C=O) groups excluding carboxylic acids is 2. The standard InChI is InChI=1S/C34H31N5O3S/c1-23-12-14-26(15-13-23)39-34-31(32(37-39)25-8-4-3-5-9-25)33(27-10-6-7-11-28(27)42-2)43-22-30(41)38(34)21-29(40)36-20-24-16-18-35-19-17-24/h3-19,33H,20-22H2,1-2H3,(H,36,40)/t33-/m0/s1. The first kappa shape index (κ1) is 28.2. The number of rotatable bonds is 8. The van der Waals surface area contributed by atoms with E-state index in [1.165, 1.54) is 11.8 Å². The quantitative estimate of drug-likeness (QED) is 0.249. The molecule has 0 saturated carbocycles. The van der Waals surface area contributed by atoms with E-state index in [-0.39, 0.29) is 29.4 Å². The first-order valence-electron chi connectivity index (χ1n) is 14.0. The molecule has 0 spiro atoms. The van der Waals surface area contributed by atoms with E-state index in [1.54, 1.807) is 29.1 Å². The number of pyridine rings is 1. The molecule has 5 aromatic rings. The van der Waals surface area contributed by atoms with Gasteiger partial charge in [-0.1, -0.05) is 66.2 Å². The third-order valence-corrected chi connectivity index (χ3v) is 8.61. The van der Waals surface area contributed by atoms with Gasteiger partial charge in [-0.3, -0.25) is 19.5 Å². The summed E-state index contributed by atoms with van der Waals surface area (Å²) in [6.07, 6.45) is 3.37. The summed E-state index contributed by atoms with van der Waals surface area (Å²) in [4.78, 5) is 33.0. The van der Waals surface area contributed by atoms with Gasteiger partial charge in [0.15, 0.2) is 0 Å². The summed E-state index contributed by atoms with van der Waals surface area (Å²) in [5, 5.41) is 7.83. The predicted molar refractivity (Wildman–Crippen MR) is 169 cm³/mol. The van der Waals surface area contributed by atoms with Gasteiger partial charge in [-0.2, -0.15) is 5.10 Å². The zero-order valence-corrected chi connectivity index (χ0v) is 24.8. The summed E-state index contributed by atoms with van der Waals surface area (Å²) in [5.41, 5.74) is 6.29. The van der Waals surface area contributed by atoms with Crippen molar-refractivity contribution in [2.45, 2.75) is 18.7 Å². The predicted octanol–water partition coefficient (Wildman–Crippen LogP) is 5.74. The molecule has 216 valence electrons. The smallest absolute Gasteiger partial charge is 0.240 e. The lowest BCUT2D eigenvalue weighted by Gasteiger charge is -2.23. The number of anilines is 1. The van der Waals surface area contributed by atoms with E-state index in [1.807, 2.05) is 97.9 Å². The largest absolute Gasteiger partial charge is 0.496 e. The van der Waals surface area contributed by atoms with Crippen LogP contribution in [-0.4, -0.2) is 46.0 Å². The number of nitrogens with one attached hydrogen (secondary N) is 1. The molecule has 0 aliphatic carbocycles. The summed E-state index contributed by atoms with van der Waals surface area (Å²) in [7, 11) is 1.65. The van der Waals surface area contributed by atoms with Crippen molar-refractivity contribution in [3.8, 4) is 22.7 Å². The van der Waals surface area contributed by atoms with Gasteiger partial charge in [0.1, 0.15) is 18.1 Å². The highest BCUT2D eigenvalue weighted by Gasteiger charge is 2.38. The van der Waals surface area contributed by atoms with Crippen LogP contribution in [0.2, 0.25) is 0 Å². The van der Waals surface area contributed by atoms with E-state index in [4.69, 9.17) is 9.84 Å². The minimum Gasteiger partial charge on any atom is -0.496 e. The Bertz CT molecular complexity index is 1740. The number of fused-ring (bicyclic) bond motifs is 1. The Kier molecular flexibility index (Phi) is 8.24. The molecule has 1 aliphatic heterocycles. The van der Waals surface area contributed by atoms with E-state index < -0.39 is 0 Å². The van der Waals surface area contributed by atoms with Gasteiger partial charge in [-0.05, 0) is 42.8 Å². The zero-order valence-electron chi connectivity index (χ0n) is 23.9. The van der Waals surface area contributed by atoms with Gasteiger partial charge in [0.05, 0.1) is 29.5 Å². The Morgan fingerprint density at radius 1 is 0.977 bits per heavy atom. The summed E-state index contributed by atoms with van der Waals surface area (Å²) in [5.74, 6) is 1.04. The average Bonchev–Trinajstić information content (AvgIpc) is 3.37. The Morgan fingerprint density at radius 3 is 2.44 bits per heavy atom. The van der Waals surface area contributed by atoms with Gasteiger partial charge in [0, 0.05) is 35.6 Å². The number of para-hydroxylation sites is 1. The minimum absolute atomic E-state index is 0.151. The zero-order chi connectivity index (χ0) is 29.8. The van der Waals surface area contributed by atoms with Crippen molar-refractivity contribution in [1.82, 2.24) is 20.1 Å². The number of aryl methyl sites for hydroxylation is 1. The van der Waals surface area contributed by atoms with Crippen LogP contribution in [0.5, 0.6) is 5.75 Å². The van der Waals surface area contributed by atoms with Crippen LogP contribution in [0.15, 0.2) is 103 Å².